The van der Waals surface area contributed by atoms with Crippen LogP contribution in [0.4, 0.5) is 0 Å². The van der Waals surface area contributed by atoms with Gasteiger partial charge in [-0.15, -0.1) is 0 Å². The number of carbonyl (C=O) groups excluding carboxylic acids is 2. The fourth-order valence-corrected chi connectivity index (χ4v) is 3.30. The first-order valence-electron chi connectivity index (χ1n) is 10.9. The van der Waals surface area contributed by atoms with Gasteiger partial charge in [0.1, 0.15) is 11.8 Å². The topological polar surface area (TPSA) is 58.6 Å². The second-order valence-electron chi connectivity index (χ2n) is 7.67. The lowest BCUT2D eigenvalue weighted by Gasteiger charge is -2.29. The maximum atomic E-state index is 13.1. The molecule has 6 heteroatoms. The molecule has 0 saturated heterocycles. The summed E-state index contributed by atoms with van der Waals surface area (Å²) in [7, 11) is 0. The number of nitrogens with one attached hydrogen (secondary N) is 1. The minimum absolute atomic E-state index is 0.0545. The Morgan fingerprint density at radius 1 is 1.10 bits per heavy atom. The first-order valence-corrected chi connectivity index (χ1v) is 11.3. The number of benzene rings is 2. The number of hydrogen-bond donors (Lipinski definition) is 1. The summed E-state index contributed by atoms with van der Waals surface area (Å²) in [6.45, 7) is 7.34. The lowest BCUT2D eigenvalue weighted by Crippen LogP contribution is -2.47. The third-order valence-electron chi connectivity index (χ3n) is 5.22. The van der Waals surface area contributed by atoms with E-state index in [0.29, 0.717) is 37.6 Å². The van der Waals surface area contributed by atoms with Crippen molar-refractivity contribution in [1.82, 2.24) is 10.2 Å². The van der Waals surface area contributed by atoms with Crippen molar-refractivity contribution < 1.29 is 14.3 Å². The van der Waals surface area contributed by atoms with E-state index in [-0.39, 0.29) is 11.8 Å². The molecule has 0 aromatic heterocycles. The molecule has 2 aromatic carbocycles. The number of ether oxygens (including phenoxy) is 1. The molecule has 2 aromatic rings. The zero-order chi connectivity index (χ0) is 22.6. The van der Waals surface area contributed by atoms with Crippen LogP contribution in [-0.2, 0) is 16.1 Å². The van der Waals surface area contributed by atoms with Gasteiger partial charge in [0, 0.05) is 24.5 Å². The van der Waals surface area contributed by atoms with E-state index in [2.05, 4.69) is 12.2 Å². The highest BCUT2D eigenvalue weighted by atomic mass is 35.5. The van der Waals surface area contributed by atoms with Crippen molar-refractivity contribution in [3.8, 4) is 5.75 Å². The van der Waals surface area contributed by atoms with Crippen molar-refractivity contribution in [2.45, 2.75) is 59.0 Å². The van der Waals surface area contributed by atoms with Crippen LogP contribution in [0.5, 0.6) is 5.75 Å². The van der Waals surface area contributed by atoms with Crippen molar-refractivity contribution in [3.63, 3.8) is 0 Å². The van der Waals surface area contributed by atoms with Gasteiger partial charge in [-0.3, -0.25) is 9.59 Å². The van der Waals surface area contributed by atoms with Gasteiger partial charge in [0.2, 0.25) is 11.8 Å². The van der Waals surface area contributed by atoms with Crippen molar-refractivity contribution in [2.75, 3.05) is 13.2 Å². The van der Waals surface area contributed by atoms with Crippen LogP contribution in [0.2, 0.25) is 5.02 Å². The summed E-state index contributed by atoms with van der Waals surface area (Å²) in [6, 6.07) is 14.5. The van der Waals surface area contributed by atoms with Crippen LogP contribution >= 0.6 is 11.6 Å². The molecular weight excluding hydrogens is 412 g/mol. The highest BCUT2D eigenvalue weighted by Crippen LogP contribution is 2.17. The fourth-order valence-electron chi connectivity index (χ4n) is 3.18. The average Bonchev–Trinajstić information content (AvgIpc) is 2.77. The SMILES string of the molecule is CCCCNC(=O)[C@@H](C)N(Cc1ccccc1C)C(=O)CCCOc1ccc(Cl)cc1. The number of rotatable bonds is 12. The molecule has 2 amide bonds. The number of amides is 2. The lowest BCUT2D eigenvalue weighted by atomic mass is 10.1. The fraction of sp³-hybridized carbons (Fsp3) is 0.440. The van der Waals surface area contributed by atoms with Gasteiger partial charge >= 0.3 is 0 Å². The molecule has 0 aliphatic carbocycles. The van der Waals surface area contributed by atoms with Crippen molar-refractivity contribution in [2.24, 2.45) is 0 Å². The molecule has 168 valence electrons. The van der Waals surface area contributed by atoms with Crippen LogP contribution < -0.4 is 10.1 Å². The summed E-state index contributed by atoms with van der Waals surface area (Å²) in [5.41, 5.74) is 2.14. The molecule has 0 unspecified atom stereocenters. The van der Waals surface area contributed by atoms with Gasteiger partial charge in [-0.05, 0) is 62.1 Å². The van der Waals surface area contributed by atoms with Gasteiger partial charge in [-0.25, -0.2) is 0 Å². The molecule has 0 saturated carbocycles. The van der Waals surface area contributed by atoms with E-state index in [1.54, 1.807) is 36.1 Å². The molecule has 0 spiro atoms. The molecule has 0 heterocycles. The Morgan fingerprint density at radius 3 is 2.48 bits per heavy atom. The van der Waals surface area contributed by atoms with E-state index in [1.807, 2.05) is 31.2 Å². The van der Waals surface area contributed by atoms with E-state index in [1.165, 1.54) is 0 Å². The predicted molar refractivity (Wildman–Crippen MR) is 125 cm³/mol. The summed E-state index contributed by atoms with van der Waals surface area (Å²) in [4.78, 5) is 27.4. The molecule has 0 radical (unpaired) electrons. The summed E-state index contributed by atoms with van der Waals surface area (Å²) in [5, 5.41) is 3.60. The maximum absolute atomic E-state index is 13.1. The van der Waals surface area contributed by atoms with E-state index in [0.717, 1.165) is 29.7 Å². The van der Waals surface area contributed by atoms with Gasteiger partial charge in [-0.1, -0.05) is 49.2 Å². The third kappa shape index (κ3) is 8.25. The minimum atomic E-state index is -0.541. The largest absolute Gasteiger partial charge is 0.494 e. The molecule has 1 N–H and O–H groups in total. The van der Waals surface area contributed by atoms with Gasteiger partial charge in [0.25, 0.3) is 0 Å². The van der Waals surface area contributed by atoms with Gasteiger partial charge in [-0.2, -0.15) is 0 Å². The van der Waals surface area contributed by atoms with Crippen LogP contribution in [0.25, 0.3) is 0 Å². The van der Waals surface area contributed by atoms with E-state index in [4.69, 9.17) is 16.3 Å². The average molecular weight is 445 g/mol. The molecule has 0 aliphatic heterocycles. The molecule has 2 rings (SSSR count). The summed E-state index contributed by atoms with van der Waals surface area (Å²) >= 11 is 5.88. The van der Waals surface area contributed by atoms with E-state index < -0.39 is 6.04 Å². The van der Waals surface area contributed by atoms with Crippen molar-refractivity contribution in [3.05, 3.63) is 64.7 Å². The number of aryl methyl sites for hydroxylation is 1. The zero-order valence-electron chi connectivity index (χ0n) is 18.7. The monoisotopic (exact) mass is 444 g/mol. The first kappa shape index (κ1) is 24.7. The Bertz CT molecular complexity index is 839. The lowest BCUT2D eigenvalue weighted by molar-refractivity contribution is -0.140. The summed E-state index contributed by atoms with van der Waals surface area (Å²) in [6.07, 6.45) is 2.81. The second-order valence-corrected chi connectivity index (χ2v) is 8.11. The predicted octanol–water partition coefficient (Wildman–Crippen LogP) is 5.14. The van der Waals surface area contributed by atoms with Crippen LogP contribution in [-0.4, -0.2) is 35.9 Å². The molecule has 0 bridgehead atoms. The summed E-state index contributed by atoms with van der Waals surface area (Å²) < 4.78 is 5.69. The molecule has 0 fully saturated rings. The van der Waals surface area contributed by atoms with Crippen LogP contribution in [0.3, 0.4) is 0 Å². The van der Waals surface area contributed by atoms with Crippen molar-refractivity contribution >= 4 is 23.4 Å². The normalized spacial score (nSPS) is 11.6. The Labute approximate surface area is 190 Å². The Kier molecular flexibility index (Phi) is 10.4. The van der Waals surface area contributed by atoms with Gasteiger partial charge in [0.15, 0.2) is 0 Å². The minimum Gasteiger partial charge on any atom is -0.494 e. The number of halogens is 1. The molecular formula is C25H33ClN2O3. The van der Waals surface area contributed by atoms with Crippen LogP contribution in [0.1, 0.15) is 50.7 Å². The Hall–Kier alpha value is -2.53. The van der Waals surface area contributed by atoms with Crippen LogP contribution in [0.15, 0.2) is 48.5 Å². The molecule has 1 atom stereocenters. The number of carbonyl (C=O) groups is 2. The zero-order valence-corrected chi connectivity index (χ0v) is 19.5. The van der Waals surface area contributed by atoms with E-state index >= 15 is 0 Å². The van der Waals surface area contributed by atoms with E-state index in [9.17, 15) is 9.59 Å². The summed E-state index contributed by atoms with van der Waals surface area (Å²) in [5.74, 6) is 0.547. The van der Waals surface area contributed by atoms with Crippen molar-refractivity contribution in [1.29, 1.82) is 0 Å². The number of hydrogen-bond acceptors (Lipinski definition) is 3. The highest BCUT2D eigenvalue weighted by molar-refractivity contribution is 6.30. The Morgan fingerprint density at radius 2 is 1.81 bits per heavy atom. The number of unbranched alkanes of at least 4 members (excludes halogenated alkanes) is 1. The third-order valence-corrected chi connectivity index (χ3v) is 5.47. The smallest absolute Gasteiger partial charge is 0.242 e. The molecule has 0 aliphatic rings. The first-order chi connectivity index (χ1) is 14.9. The van der Waals surface area contributed by atoms with Gasteiger partial charge in [0.05, 0.1) is 6.61 Å². The maximum Gasteiger partial charge on any atom is 0.242 e. The Balaban J connectivity index is 1.98. The highest BCUT2D eigenvalue weighted by Gasteiger charge is 2.26. The molecule has 5 nitrogen and oxygen atoms in total. The standard InChI is InChI=1S/C25H33ClN2O3/c1-4-5-16-27-25(30)20(3)28(18-21-10-7-6-9-19(21)2)24(29)11-8-17-31-23-14-12-22(26)13-15-23/h6-7,9-10,12-15,20H,4-5,8,11,16-18H2,1-3H3,(H,27,30)/t20-/m1/s1. The second kappa shape index (κ2) is 13.0. The quantitative estimate of drug-likeness (QED) is 0.461. The van der Waals surface area contributed by atoms with Gasteiger partial charge < -0.3 is 15.0 Å². The number of nitrogens with zero attached hydrogens (tertiary/aromatic N) is 1. The van der Waals surface area contributed by atoms with Crippen LogP contribution in [0, 0.1) is 6.92 Å². The molecule has 31 heavy (non-hydrogen) atoms.